The van der Waals surface area contributed by atoms with Gasteiger partial charge in [-0.1, -0.05) is 11.6 Å². The molecule has 0 N–H and O–H groups in total. The maximum absolute atomic E-state index is 14.0. The minimum absolute atomic E-state index is 0.0810. The molecule has 1 saturated heterocycles. The second-order valence-electron chi connectivity index (χ2n) is 6.88. The van der Waals surface area contributed by atoms with Crippen molar-refractivity contribution < 1.29 is 12.8 Å². The first-order valence-electron chi connectivity index (χ1n) is 8.89. The maximum Gasteiger partial charge on any atom is 0.210 e. The van der Waals surface area contributed by atoms with Gasteiger partial charge in [-0.25, -0.2) is 12.8 Å². The summed E-state index contributed by atoms with van der Waals surface area (Å²) in [5.41, 5.74) is 1.07. The third-order valence-electron chi connectivity index (χ3n) is 5.00. The van der Waals surface area contributed by atoms with Crippen LogP contribution >= 0.6 is 11.6 Å². The molecule has 0 amide bonds. The Labute approximate surface area is 168 Å². The lowest BCUT2D eigenvalue weighted by molar-refractivity contribution is 0.312. The Hall–Kier alpha value is -2.22. The van der Waals surface area contributed by atoms with E-state index in [4.69, 9.17) is 11.6 Å². The van der Waals surface area contributed by atoms with Gasteiger partial charge in [0.25, 0.3) is 0 Å². The number of nitrogens with zero attached hydrogens (tertiary/aromatic N) is 3. The normalized spacial score (nSPS) is 15.9. The van der Waals surface area contributed by atoms with Crippen LogP contribution in [0.25, 0.3) is 10.9 Å². The van der Waals surface area contributed by atoms with E-state index in [9.17, 15) is 12.8 Å². The number of halogens is 2. The molecule has 28 heavy (non-hydrogen) atoms. The number of piperazine rings is 1. The summed E-state index contributed by atoms with van der Waals surface area (Å²) in [6, 6.07) is 10.3. The highest BCUT2D eigenvalue weighted by molar-refractivity contribution is 7.91. The van der Waals surface area contributed by atoms with Crippen molar-refractivity contribution in [1.82, 2.24) is 9.88 Å². The maximum atomic E-state index is 14.0. The van der Waals surface area contributed by atoms with E-state index < -0.39 is 15.7 Å². The van der Waals surface area contributed by atoms with E-state index in [0.717, 1.165) is 13.1 Å². The molecule has 0 saturated carbocycles. The van der Waals surface area contributed by atoms with Gasteiger partial charge in [0.05, 0.1) is 16.1 Å². The molecule has 0 aliphatic carbocycles. The second-order valence-corrected chi connectivity index (χ2v) is 9.23. The molecule has 2 heterocycles. The average Bonchev–Trinajstić information content (AvgIpc) is 2.68. The second kappa shape index (κ2) is 7.31. The van der Waals surface area contributed by atoms with Crippen LogP contribution in [0.4, 0.5) is 10.1 Å². The Morgan fingerprint density at radius 3 is 2.39 bits per heavy atom. The quantitative estimate of drug-likeness (QED) is 0.649. The van der Waals surface area contributed by atoms with Gasteiger partial charge in [-0.05, 0) is 49.5 Å². The Bertz CT molecular complexity index is 1130. The molecule has 4 rings (SSSR count). The first-order valence-corrected chi connectivity index (χ1v) is 10.7. The van der Waals surface area contributed by atoms with Gasteiger partial charge < -0.3 is 9.80 Å². The molecule has 1 fully saturated rings. The SMILES string of the molecule is CN1CCN(c2c(S(=O)(=O)c3ccc(Cl)cc3)cnc3ccc(F)cc23)CC1. The van der Waals surface area contributed by atoms with Crippen LogP contribution < -0.4 is 4.90 Å². The molecular formula is C20H19ClFN3O2S. The monoisotopic (exact) mass is 419 g/mol. The standard InChI is InChI=1S/C20H19ClFN3O2S/c1-24-8-10-25(11-9-24)20-17-12-15(22)4-7-18(17)23-13-19(20)28(26,27)16-5-2-14(21)3-6-16/h2-7,12-13H,8-11H2,1H3. The minimum atomic E-state index is -3.85. The first kappa shape index (κ1) is 19.1. The third-order valence-corrected chi connectivity index (χ3v) is 7.02. The Morgan fingerprint density at radius 1 is 1.04 bits per heavy atom. The van der Waals surface area contributed by atoms with Gasteiger partial charge in [0, 0.05) is 42.8 Å². The van der Waals surface area contributed by atoms with Crippen LogP contribution in [-0.2, 0) is 9.84 Å². The van der Waals surface area contributed by atoms with E-state index >= 15 is 0 Å². The zero-order valence-electron chi connectivity index (χ0n) is 15.3. The van der Waals surface area contributed by atoms with E-state index in [1.807, 2.05) is 11.9 Å². The number of hydrogen-bond donors (Lipinski definition) is 0. The molecule has 0 spiro atoms. The van der Waals surface area contributed by atoms with Crippen LogP contribution in [0.3, 0.4) is 0 Å². The van der Waals surface area contributed by atoms with Gasteiger partial charge >= 0.3 is 0 Å². The van der Waals surface area contributed by atoms with Crippen molar-refractivity contribution >= 4 is 38.0 Å². The van der Waals surface area contributed by atoms with E-state index in [0.29, 0.717) is 34.7 Å². The Kier molecular flexibility index (Phi) is 4.99. The van der Waals surface area contributed by atoms with Crippen LogP contribution in [0.15, 0.2) is 58.5 Å². The number of rotatable bonds is 3. The minimum Gasteiger partial charge on any atom is -0.367 e. The van der Waals surface area contributed by atoms with Crippen molar-refractivity contribution in [3.63, 3.8) is 0 Å². The van der Waals surface area contributed by atoms with Gasteiger partial charge in [-0.15, -0.1) is 0 Å². The summed E-state index contributed by atoms with van der Waals surface area (Å²) < 4.78 is 40.8. The number of fused-ring (bicyclic) bond motifs is 1. The lowest BCUT2D eigenvalue weighted by Crippen LogP contribution is -2.45. The molecule has 0 bridgehead atoms. The molecule has 1 aliphatic heterocycles. The Balaban J connectivity index is 1.95. The van der Waals surface area contributed by atoms with Crippen molar-refractivity contribution in [2.24, 2.45) is 0 Å². The molecule has 0 radical (unpaired) electrons. The molecule has 5 nitrogen and oxygen atoms in total. The number of sulfone groups is 1. The highest BCUT2D eigenvalue weighted by Gasteiger charge is 2.28. The third kappa shape index (κ3) is 3.45. The highest BCUT2D eigenvalue weighted by Crippen LogP contribution is 2.36. The summed E-state index contributed by atoms with van der Waals surface area (Å²) >= 11 is 5.91. The largest absolute Gasteiger partial charge is 0.367 e. The molecule has 3 aromatic rings. The van der Waals surface area contributed by atoms with Crippen molar-refractivity contribution in [2.75, 3.05) is 38.1 Å². The van der Waals surface area contributed by atoms with Gasteiger partial charge in [0.1, 0.15) is 10.7 Å². The predicted molar refractivity (Wildman–Crippen MR) is 108 cm³/mol. The summed E-state index contributed by atoms with van der Waals surface area (Å²) in [5.74, 6) is -0.425. The lowest BCUT2D eigenvalue weighted by Gasteiger charge is -2.35. The van der Waals surface area contributed by atoms with Crippen LogP contribution in [0.2, 0.25) is 5.02 Å². The number of hydrogen-bond acceptors (Lipinski definition) is 5. The van der Waals surface area contributed by atoms with Crippen LogP contribution in [0.5, 0.6) is 0 Å². The molecule has 0 unspecified atom stereocenters. The summed E-state index contributed by atoms with van der Waals surface area (Å²) in [4.78, 5) is 8.68. The molecule has 146 valence electrons. The number of likely N-dealkylation sites (N-methyl/N-ethyl adjacent to an activating group) is 1. The van der Waals surface area contributed by atoms with Gasteiger partial charge in [-0.2, -0.15) is 0 Å². The zero-order chi connectivity index (χ0) is 19.9. The summed E-state index contributed by atoms with van der Waals surface area (Å²) in [6.07, 6.45) is 1.37. The first-order chi connectivity index (χ1) is 13.4. The van der Waals surface area contributed by atoms with E-state index in [1.54, 1.807) is 6.07 Å². The van der Waals surface area contributed by atoms with Gasteiger partial charge in [-0.3, -0.25) is 4.98 Å². The summed E-state index contributed by atoms with van der Waals surface area (Å²) in [6.45, 7) is 2.88. The van der Waals surface area contributed by atoms with E-state index in [2.05, 4.69) is 9.88 Å². The predicted octanol–water partition coefficient (Wildman–Crippen LogP) is 3.61. The number of pyridine rings is 1. The van der Waals surface area contributed by atoms with Crippen LogP contribution in [-0.4, -0.2) is 51.5 Å². The number of benzene rings is 2. The molecule has 0 atom stereocenters. The fourth-order valence-corrected chi connectivity index (χ4v) is 4.99. The summed E-state index contributed by atoms with van der Waals surface area (Å²) in [5, 5.41) is 0.955. The zero-order valence-corrected chi connectivity index (χ0v) is 16.8. The van der Waals surface area contributed by atoms with Crippen molar-refractivity contribution in [2.45, 2.75) is 9.79 Å². The molecular weight excluding hydrogens is 401 g/mol. The van der Waals surface area contributed by atoms with Crippen LogP contribution in [0, 0.1) is 5.82 Å². The van der Waals surface area contributed by atoms with Gasteiger partial charge in [0.15, 0.2) is 0 Å². The molecule has 2 aromatic carbocycles. The topological polar surface area (TPSA) is 53.5 Å². The average molecular weight is 420 g/mol. The van der Waals surface area contributed by atoms with Crippen molar-refractivity contribution in [3.8, 4) is 0 Å². The van der Waals surface area contributed by atoms with Crippen molar-refractivity contribution in [1.29, 1.82) is 0 Å². The summed E-state index contributed by atoms with van der Waals surface area (Å²) in [7, 11) is -1.83. The fourth-order valence-electron chi connectivity index (χ4n) is 3.43. The van der Waals surface area contributed by atoms with E-state index in [1.165, 1.54) is 42.6 Å². The van der Waals surface area contributed by atoms with Crippen molar-refractivity contribution in [3.05, 3.63) is 59.5 Å². The van der Waals surface area contributed by atoms with E-state index in [-0.39, 0.29) is 9.79 Å². The molecule has 1 aliphatic rings. The van der Waals surface area contributed by atoms with Gasteiger partial charge in [0.2, 0.25) is 9.84 Å². The fraction of sp³-hybridized carbons (Fsp3) is 0.250. The number of aromatic nitrogens is 1. The lowest BCUT2D eigenvalue weighted by atomic mass is 10.1. The molecule has 8 heteroatoms. The van der Waals surface area contributed by atoms with Crippen LogP contribution in [0.1, 0.15) is 0 Å². The smallest absolute Gasteiger partial charge is 0.210 e. The Morgan fingerprint density at radius 2 is 1.71 bits per heavy atom. The number of anilines is 1. The molecule has 1 aromatic heterocycles. The highest BCUT2D eigenvalue weighted by atomic mass is 35.5.